The molecule has 1 fully saturated rings. The number of pyridine rings is 2. The molecule has 1 aliphatic carbocycles. The van der Waals surface area contributed by atoms with Crippen LogP contribution in [0.5, 0.6) is 0 Å². The van der Waals surface area contributed by atoms with Gasteiger partial charge < -0.3 is 9.67 Å². The molecule has 1 N–H and O–H groups in total. The topological polar surface area (TPSA) is 54.1 Å². The largest absolute Gasteiger partial charge is 0.512 e. The molecule has 0 unspecified atom stereocenters. The molecule has 42 heavy (non-hydrogen) atoms. The second-order valence-corrected chi connectivity index (χ2v) is 12.0. The van der Waals surface area contributed by atoms with E-state index in [2.05, 4.69) is 84.2 Å². The summed E-state index contributed by atoms with van der Waals surface area (Å²) in [5, 5.41) is 14.8. The van der Waals surface area contributed by atoms with Crippen LogP contribution >= 0.6 is 11.3 Å². The summed E-state index contributed by atoms with van der Waals surface area (Å²) in [6, 6.07) is 25.9. The van der Waals surface area contributed by atoms with Gasteiger partial charge in [0.25, 0.3) is 0 Å². The molecule has 1 saturated carbocycles. The molecule has 4 nitrogen and oxygen atoms in total. The molecule has 3 heterocycles. The van der Waals surface area contributed by atoms with Crippen molar-refractivity contribution in [1.82, 2.24) is 4.98 Å². The number of allylic oxidation sites excluding steroid dienone is 2. The van der Waals surface area contributed by atoms with E-state index in [0.29, 0.717) is 5.92 Å². The maximum atomic E-state index is 10.0. The van der Waals surface area contributed by atoms with E-state index in [1.807, 2.05) is 12.3 Å². The number of hydrogen-bond acceptors (Lipinski definition) is 4. The van der Waals surface area contributed by atoms with Crippen LogP contribution in [0.1, 0.15) is 56.6 Å². The fourth-order valence-corrected chi connectivity index (χ4v) is 7.37. The second kappa shape index (κ2) is 12.3. The Hall–Kier alpha value is -3.57. The smallest absolute Gasteiger partial charge is 0.155 e. The number of hydrogen-bond donors (Lipinski definition) is 1. The number of aromatic nitrogens is 2. The number of ketones is 1. The van der Waals surface area contributed by atoms with Crippen molar-refractivity contribution < 1.29 is 34.6 Å². The van der Waals surface area contributed by atoms with Crippen LogP contribution in [0.2, 0.25) is 0 Å². The van der Waals surface area contributed by atoms with Gasteiger partial charge in [-0.3, -0.25) is 4.79 Å². The van der Waals surface area contributed by atoms with Gasteiger partial charge in [-0.15, -0.1) is 17.7 Å². The van der Waals surface area contributed by atoms with Gasteiger partial charge in [0.2, 0.25) is 0 Å². The summed E-state index contributed by atoms with van der Waals surface area (Å²) in [6.45, 7) is 4.99. The Bertz CT molecular complexity index is 1980. The molecule has 0 amide bonds. The molecular weight excluding hydrogens is 717 g/mol. The summed E-state index contributed by atoms with van der Waals surface area (Å²) in [7, 11) is 4.58. The second-order valence-electron chi connectivity index (χ2n) is 11.0. The molecule has 215 valence electrons. The van der Waals surface area contributed by atoms with E-state index in [1.54, 1.807) is 11.3 Å². The Labute approximate surface area is 264 Å². The Morgan fingerprint density at radius 3 is 2.50 bits per heavy atom. The number of fused-ring (bicyclic) bond motifs is 6. The zero-order valence-electron chi connectivity index (χ0n) is 24.0. The van der Waals surface area contributed by atoms with Crippen LogP contribution in [0, 0.1) is 20.0 Å². The van der Waals surface area contributed by atoms with E-state index in [4.69, 9.17) is 5.11 Å². The van der Waals surface area contributed by atoms with Crippen LogP contribution in [-0.2, 0) is 24.9 Å². The van der Waals surface area contributed by atoms with Gasteiger partial charge in [0, 0.05) is 44.8 Å². The van der Waals surface area contributed by atoms with Crippen LogP contribution < -0.4 is 4.57 Å². The standard InChI is InChI=1S/C31H25N2S.C5H8O2.Ir/c1-19-16-25-23-12-7-15-32-31(23)34-30(25)26(17-19)28-18-24(20-8-3-4-9-20)29-22-11-6-5-10-21(22)13-14-27(29)33(28)2;1-4(6)3-5(2)7;/h5-7,10-16,18,20H,2-4,8-9H2,1H3;3,6H,1-2H3;/q-1;;/b;4-3-;. The SMILES string of the molecule is CC(=O)/C=C(/C)O.[CH2-][n+]1c(-c2[c-]c(C)cc3c2sc2ncccc23)cc(C2CCCC2)c2c3ccccc3ccc21.[Ir]. The Morgan fingerprint density at radius 1 is 1.05 bits per heavy atom. The predicted molar refractivity (Wildman–Crippen MR) is 170 cm³/mol. The number of aliphatic hydroxyl groups is 1. The number of aliphatic hydroxyl groups excluding tert-OH is 1. The first kappa shape index (κ1) is 29.9. The van der Waals surface area contributed by atoms with Gasteiger partial charge in [0.1, 0.15) is 16.0 Å². The van der Waals surface area contributed by atoms with Gasteiger partial charge in [-0.05, 0) is 77.2 Å². The third-order valence-electron chi connectivity index (χ3n) is 7.95. The molecular formula is C36H33IrN2O2S-. The molecule has 6 heteroatoms. The van der Waals surface area contributed by atoms with Gasteiger partial charge >= 0.3 is 0 Å². The fourth-order valence-electron chi connectivity index (χ4n) is 6.24. The quantitative estimate of drug-likeness (QED) is 0.0646. The molecule has 0 aliphatic heterocycles. The van der Waals surface area contributed by atoms with E-state index in [0.717, 1.165) is 21.7 Å². The molecule has 3 aromatic carbocycles. The Morgan fingerprint density at radius 2 is 1.79 bits per heavy atom. The maximum Gasteiger partial charge on any atom is 0.155 e. The molecule has 6 aromatic rings. The van der Waals surface area contributed by atoms with Crippen LogP contribution in [-0.4, -0.2) is 15.9 Å². The number of rotatable bonds is 3. The molecule has 0 bridgehead atoms. The van der Waals surface area contributed by atoms with Crippen LogP contribution in [0.15, 0.2) is 78.7 Å². The van der Waals surface area contributed by atoms with Crippen molar-refractivity contribution in [2.45, 2.75) is 52.4 Å². The molecule has 1 radical (unpaired) electrons. The molecule has 0 spiro atoms. The molecule has 7 rings (SSSR count). The molecule has 1 aliphatic rings. The fraction of sp³-hybridized carbons (Fsp3) is 0.222. The first-order chi connectivity index (χ1) is 19.8. The number of benzene rings is 3. The predicted octanol–water partition coefficient (Wildman–Crippen LogP) is 9.15. The number of carbonyl (C=O) groups excluding carboxylic acids is 1. The summed E-state index contributed by atoms with van der Waals surface area (Å²) in [5.74, 6) is 0.533. The molecule has 0 saturated heterocycles. The van der Waals surface area contributed by atoms with Crippen LogP contribution in [0.25, 0.3) is 53.2 Å². The monoisotopic (exact) mass is 750 g/mol. The zero-order valence-corrected chi connectivity index (χ0v) is 27.2. The average Bonchev–Trinajstić information content (AvgIpc) is 3.61. The summed E-state index contributed by atoms with van der Waals surface area (Å²) in [5.41, 5.74) is 6.10. The minimum atomic E-state index is -0.125. The zero-order chi connectivity index (χ0) is 28.7. The minimum Gasteiger partial charge on any atom is -0.512 e. The number of aryl methyl sites for hydroxylation is 1. The van der Waals surface area contributed by atoms with E-state index < -0.39 is 0 Å². The van der Waals surface area contributed by atoms with Crippen molar-refractivity contribution >= 4 is 59.1 Å². The maximum absolute atomic E-state index is 10.0. The van der Waals surface area contributed by atoms with Crippen molar-refractivity contribution in [2.75, 3.05) is 0 Å². The van der Waals surface area contributed by atoms with E-state index >= 15 is 0 Å². The van der Waals surface area contributed by atoms with Crippen LogP contribution in [0.3, 0.4) is 0 Å². The minimum absolute atomic E-state index is 0. The Balaban J connectivity index is 0.000000396. The first-order valence-electron chi connectivity index (χ1n) is 14.1. The average molecular weight is 750 g/mol. The number of thiophene rings is 1. The first-order valence-corrected chi connectivity index (χ1v) is 14.9. The summed E-state index contributed by atoms with van der Waals surface area (Å²) in [6.07, 6.45) is 8.20. The molecule has 0 atom stereocenters. The summed E-state index contributed by atoms with van der Waals surface area (Å²) < 4.78 is 3.39. The van der Waals surface area contributed by atoms with Gasteiger partial charge in [-0.1, -0.05) is 67.1 Å². The summed E-state index contributed by atoms with van der Waals surface area (Å²) in [4.78, 5) is 15.7. The van der Waals surface area contributed by atoms with Crippen molar-refractivity contribution in [3.05, 3.63) is 103 Å². The normalized spacial score (nSPS) is 13.8. The van der Waals surface area contributed by atoms with E-state index in [1.165, 1.54) is 88.3 Å². The van der Waals surface area contributed by atoms with Crippen molar-refractivity contribution in [1.29, 1.82) is 0 Å². The van der Waals surface area contributed by atoms with Gasteiger partial charge in [0.05, 0.1) is 5.76 Å². The van der Waals surface area contributed by atoms with E-state index in [9.17, 15) is 4.79 Å². The van der Waals surface area contributed by atoms with E-state index in [-0.39, 0.29) is 31.6 Å². The number of nitrogens with zero attached hydrogens (tertiary/aromatic N) is 2. The van der Waals surface area contributed by atoms with Crippen molar-refractivity contribution in [2.24, 2.45) is 0 Å². The third kappa shape index (κ3) is 5.59. The van der Waals surface area contributed by atoms with Crippen molar-refractivity contribution in [3.63, 3.8) is 0 Å². The Kier molecular flexibility index (Phi) is 8.79. The van der Waals surface area contributed by atoms with Crippen LogP contribution in [0.4, 0.5) is 0 Å². The third-order valence-corrected chi connectivity index (χ3v) is 9.09. The van der Waals surface area contributed by atoms with Gasteiger partial charge in [-0.25, -0.2) is 4.98 Å². The van der Waals surface area contributed by atoms with Crippen molar-refractivity contribution in [3.8, 4) is 11.3 Å². The van der Waals surface area contributed by atoms with Gasteiger partial charge in [0.15, 0.2) is 5.78 Å². The molecule has 3 aromatic heterocycles. The summed E-state index contributed by atoms with van der Waals surface area (Å²) >= 11 is 1.76. The number of carbonyl (C=O) groups is 1. The van der Waals surface area contributed by atoms with Gasteiger partial charge in [-0.2, -0.15) is 11.3 Å².